The fraction of sp³-hybridized carbons (Fsp3) is 0.143. The third-order valence-electron chi connectivity index (χ3n) is 2.66. The van der Waals surface area contributed by atoms with E-state index in [1.807, 2.05) is 0 Å². The minimum atomic E-state index is -0.262. The Bertz CT molecular complexity index is 627. The summed E-state index contributed by atoms with van der Waals surface area (Å²) in [5.74, 6) is 0.631. The number of phenolic OH excluding ortho intramolecular Hbond substituents is 1. The molecule has 2 aromatic rings. The Hall–Kier alpha value is -2.11. The molecule has 0 fully saturated rings. The number of nitrogens with zero attached hydrogens (tertiary/aromatic N) is 2. The predicted octanol–water partition coefficient (Wildman–Crippen LogP) is 3.96. The van der Waals surface area contributed by atoms with Gasteiger partial charge in [-0.2, -0.15) is 10.2 Å². The summed E-state index contributed by atoms with van der Waals surface area (Å²) in [4.78, 5) is 0. The topological polar surface area (TPSA) is 74.4 Å². The van der Waals surface area contributed by atoms with Crippen LogP contribution in [0.4, 0.5) is 11.4 Å². The van der Waals surface area contributed by atoms with Crippen LogP contribution in [-0.4, -0.2) is 17.3 Å². The third-order valence-corrected chi connectivity index (χ3v) is 2.97. The molecular formula is C14H13ClN2O3. The van der Waals surface area contributed by atoms with E-state index in [9.17, 15) is 10.2 Å². The van der Waals surface area contributed by atoms with Crippen molar-refractivity contribution in [1.82, 2.24) is 0 Å². The zero-order valence-corrected chi connectivity index (χ0v) is 11.5. The fourth-order valence-corrected chi connectivity index (χ4v) is 1.73. The van der Waals surface area contributed by atoms with Crippen LogP contribution >= 0.6 is 11.6 Å². The summed E-state index contributed by atoms with van der Waals surface area (Å²) in [6, 6.07) is 9.86. The smallest absolute Gasteiger partial charge is 0.134 e. The summed E-state index contributed by atoms with van der Waals surface area (Å²) in [5.41, 5.74) is 1.49. The van der Waals surface area contributed by atoms with Crippen molar-refractivity contribution in [3.05, 3.63) is 47.0 Å². The normalized spacial score (nSPS) is 10.9. The van der Waals surface area contributed by atoms with Crippen molar-refractivity contribution in [2.45, 2.75) is 6.61 Å². The molecule has 0 aliphatic carbocycles. The van der Waals surface area contributed by atoms with E-state index in [1.165, 1.54) is 12.1 Å². The molecule has 0 amide bonds. The van der Waals surface area contributed by atoms with Gasteiger partial charge in [-0.05, 0) is 36.4 Å². The SMILES string of the molecule is COc1ccc(N=Nc2cc(Cl)c(O)cc2CO)cc1. The third kappa shape index (κ3) is 3.26. The number of rotatable bonds is 4. The molecule has 0 saturated heterocycles. The zero-order valence-electron chi connectivity index (χ0n) is 10.7. The van der Waals surface area contributed by atoms with E-state index in [0.29, 0.717) is 16.9 Å². The maximum absolute atomic E-state index is 9.47. The van der Waals surface area contributed by atoms with Crippen molar-refractivity contribution in [3.63, 3.8) is 0 Å². The Kier molecular flexibility index (Phi) is 4.55. The maximum Gasteiger partial charge on any atom is 0.134 e. The molecular weight excluding hydrogens is 280 g/mol. The summed E-state index contributed by atoms with van der Waals surface area (Å²) in [7, 11) is 1.59. The van der Waals surface area contributed by atoms with Gasteiger partial charge in [0.1, 0.15) is 11.5 Å². The highest BCUT2D eigenvalue weighted by molar-refractivity contribution is 6.32. The second kappa shape index (κ2) is 6.36. The van der Waals surface area contributed by atoms with Gasteiger partial charge in [0.2, 0.25) is 0 Å². The van der Waals surface area contributed by atoms with Crippen LogP contribution in [-0.2, 0) is 6.61 Å². The quantitative estimate of drug-likeness (QED) is 0.838. The predicted molar refractivity (Wildman–Crippen MR) is 76.2 cm³/mol. The highest BCUT2D eigenvalue weighted by Gasteiger charge is 2.07. The average Bonchev–Trinajstić information content (AvgIpc) is 2.48. The first-order chi connectivity index (χ1) is 9.63. The highest BCUT2D eigenvalue weighted by atomic mass is 35.5. The number of hydrogen-bond donors (Lipinski definition) is 2. The molecule has 0 saturated carbocycles. The molecule has 0 atom stereocenters. The first-order valence-corrected chi connectivity index (χ1v) is 6.20. The van der Waals surface area contributed by atoms with Crippen molar-refractivity contribution < 1.29 is 14.9 Å². The van der Waals surface area contributed by atoms with Crippen molar-refractivity contribution in [1.29, 1.82) is 0 Å². The number of methoxy groups -OCH3 is 1. The van der Waals surface area contributed by atoms with Crippen LogP contribution in [0.2, 0.25) is 5.02 Å². The van der Waals surface area contributed by atoms with Gasteiger partial charge >= 0.3 is 0 Å². The van der Waals surface area contributed by atoms with E-state index in [4.69, 9.17) is 16.3 Å². The molecule has 5 nitrogen and oxygen atoms in total. The average molecular weight is 293 g/mol. The lowest BCUT2D eigenvalue weighted by atomic mass is 10.2. The number of aliphatic hydroxyl groups excluding tert-OH is 1. The minimum Gasteiger partial charge on any atom is -0.506 e. The van der Waals surface area contributed by atoms with E-state index in [-0.39, 0.29) is 17.4 Å². The molecule has 104 valence electrons. The van der Waals surface area contributed by atoms with E-state index in [2.05, 4.69) is 10.2 Å². The van der Waals surface area contributed by atoms with E-state index in [1.54, 1.807) is 31.4 Å². The second-order valence-electron chi connectivity index (χ2n) is 3.99. The lowest BCUT2D eigenvalue weighted by molar-refractivity contribution is 0.281. The first-order valence-electron chi connectivity index (χ1n) is 5.82. The monoisotopic (exact) mass is 292 g/mol. The van der Waals surface area contributed by atoms with E-state index >= 15 is 0 Å². The lowest BCUT2D eigenvalue weighted by Gasteiger charge is -2.04. The fourth-order valence-electron chi connectivity index (χ4n) is 1.57. The Morgan fingerprint density at radius 1 is 1.15 bits per heavy atom. The minimum absolute atomic E-state index is 0.0980. The lowest BCUT2D eigenvalue weighted by Crippen LogP contribution is -1.84. The number of azo groups is 1. The van der Waals surface area contributed by atoms with Crippen LogP contribution in [0, 0.1) is 0 Å². The Balaban J connectivity index is 2.28. The molecule has 2 rings (SSSR count). The van der Waals surface area contributed by atoms with Crippen LogP contribution in [0.5, 0.6) is 11.5 Å². The van der Waals surface area contributed by atoms with Crippen molar-refractivity contribution >= 4 is 23.0 Å². The number of ether oxygens (including phenoxy) is 1. The van der Waals surface area contributed by atoms with Gasteiger partial charge in [0, 0.05) is 5.56 Å². The van der Waals surface area contributed by atoms with Gasteiger partial charge < -0.3 is 14.9 Å². The molecule has 0 bridgehead atoms. The second-order valence-corrected chi connectivity index (χ2v) is 4.40. The molecule has 20 heavy (non-hydrogen) atoms. The van der Waals surface area contributed by atoms with Gasteiger partial charge in [0.25, 0.3) is 0 Å². The molecule has 2 aromatic carbocycles. The zero-order chi connectivity index (χ0) is 14.5. The molecule has 0 heterocycles. The van der Waals surface area contributed by atoms with E-state index < -0.39 is 0 Å². The Morgan fingerprint density at radius 3 is 2.45 bits per heavy atom. The van der Waals surface area contributed by atoms with Crippen LogP contribution in [0.3, 0.4) is 0 Å². The summed E-state index contributed by atoms with van der Waals surface area (Å²) in [5, 5.41) is 26.9. The summed E-state index contributed by atoms with van der Waals surface area (Å²) in [6.07, 6.45) is 0. The number of aliphatic hydroxyl groups is 1. The van der Waals surface area contributed by atoms with Gasteiger partial charge in [0.15, 0.2) is 0 Å². The Labute approximate surface area is 121 Å². The van der Waals surface area contributed by atoms with Crippen LogP contribution in [0.1, 0.15) is 5.56 Å². The number of halogens is 1. The van der Waals surface area contributed by atoms with Crippen molar-refractivity contribution in [2.24, 2.45) is 10.2 Å². The van der Waals surface area contributed by atoms with E-state index in [0.717, 1.165) is 5.75 Å². The Morgan fingerprint density at radius 2 is 1.85 bits per heavy atom. The number of benzene rings is 2. The molecule has 2 N–H and O–H groups in total. The molecule has 0 radical (unpaired) electrons. The largest absolute Gasteiger partial charge is 0.506 e. The standard InChI is InChI=1S/C14H13ClN2O3/c1-20-11-4-2-10(3-5-11)16-17-13-7-12(15)14(19)6-9(13)8-18/h2-7,18-19H,8H2,1H3. The van der Waals surface area contributed by atoms with Crippen LogP contribution in [0.25, 0.3) is 0 Å². The summed E-state index contributed by atoms with van der Waals surface area (Å²) >= 11 is 5.81. The molecule has 6 heteroatoms. The summed E-state index contributed by atoms with van der Waals surface area (Å²) in [6.45, 7) is -0.262. The van der Waals surface area contributed by atoms with Gasteiger partial charge in [0.05, 0.1) is 30.1 Å². The van der Waals surface area contributed by atoms with Crippen LogP contribution < -0.4 is 4.74 Å². The summed E-state index contributed by atoms with van der Waals surface area (Å²) < 4.78 is 5.05. The number of phenols is 1. The molecule has 0 aliphatic heterocycles. The van der Waals surface area contributed by atoms with Gasteiger partial charge in [-0.3, -0.25) is 0 Å². The van der Waals surface area contributed by atoms with Gasteiger partial charge in [-0.15, -0.1) is 0 Å². The maximum atomic E-state index is 9.47. The van der Waals surface area contributed by atoms with Crippen molar-refractivity contribution in [3.8, 4) is 11.5 Å². The number of hydrogen-bond acceptors (Lipinski definition) is 5. The first kappa shape index (κ1) is 14.3. The van der Waals surface area contributed by atoms with Crippen LogP contribution in [0.15, 0.2) is 46.6 Å². The molecule has 0 aliphatic rings. The van der Waals surface area contributed by atoms with Crippen molar-refractivity contribution in [2.75, 3.05) is 7.11 Å². The van der Waals surface area contributed by atoms with Gasteiger partial charge in [-0.1, -0.05) is 11.6 Å². The molecule has 0 aromatic heterocycles. The molecule has 0 spiro atoms. The molecule has 0 unspecified atom stereocenters. The highest BCUT2D eigenvalue weighted by Crippen LogP contribution is 2.33. The number of aromatic hydroxyl groups is 1. The van der Waals surface area contributed by atoms with Gasteiger partial charge in [-0.25, -0.2) is 0 Å².